The van der Waals surface area contributed by atoms with Crippen molar-refractivity contribution in [3.05, 3.63) is 0 Å². The second kappa shape index (κ2) is 6.55. The topological polar surface area (TPSA) is 44.7 Å². The maximum absolute atomic E-state index is 10.2. The summed E-state index contributed by atoms with van der Waals surface area (Å²) in [6.07, 6.45) is 3.33. The molecule has 2 fully saturated rings. The van der Waals surface area contributed by atoms with E-state index < -0.39 is 0 Å². The second-order valence-electron chi connectivity index (χ2n) is 4.92. The molecule has 0 bridgehead atoms. The molecule has 2 N–H and O–H groups in total. The van der Waals surface area contributed by atoms with Gasteiger partial charge in [0, 0.05) is 19.6 Å². The van der Waals surface area contributed by atoms with E-state index in [0.29, 0.717) is 5.92 Å². The van der Waals surface area contributed by atoms with Crippen LogP contribution in [0.15, 0.2) is 0 Å². The second-order valence-corrected chi connectivity index (χ2v) is 4.92. The van der Waals surface area contributed by atoms with E-state index >= 15 is 0 Å². The Kier molecular flexibility index (Phi) is 5.03. The number of nitrogens with one attached hydrogen (secondary N) is 1. The van der Waals surface area contributed by atoms with Crippen molar-refractivity contribution in [2.75, 3.05) is 45.9 Å². The summed E-state index contributed by atoms with van der Waals surface area (Å²) in [7, 11) is 0. The number of hydrogen-bond donors (Lipinski definition) is 2. The third-order valence-corrected chi connectivity index (χ3v) is 3.71. The fourth-order valence-corrected chi connectivity index (χ4v) is 2.63. The van der Waals surface area contributed by atoms with Crippen molar-refractivity contribution >= 4 is 0 Å². The van der Waals surface area contributed by atoms with Gasteiger partial charge in [-0.2, -0.15) is 0 Å². The summed E-state index contributed by atoms with van der Waals surface area (Å²) in [5, 5.41) is 13.6. The average Bonchev–Trinajstić information content (AvgIpc) is 2.59. The number of aliphatic hydroxyl groups is 1. The third-order valence-electron chi connectivity index (χ3n) is 3.71. The SMILES string of the molecule is OC(CN1CCOCC1)C1CCCNCC1. The van der Waals surface area contributed by atoms with Gasteiger partial charge in [-0.3, -0.25) is 4.90 Å². The molecule has 2 aliphatic rings. The van der Waals surface area contributed by atoms with Crippen LogP contribution in [-0.4, -0.2) is 62.0 Å². The first kappa shape index (κ1) is 12.3. The summed E-state index contributed by atoms with van der Waals surface area (Å²) in [5.41, 5.74) is 0. The molecule has 2 rings (SSSR count). The molecule has 16 heavy (non-hydrogen) atoms. The number of nitrogens with zero attached hydrogens (tertiary/aromatic N) is 1. The van der Waals surface area contributed by atoms with Crippen molar-refractivity contribution in [3.8, 4) is 0 Å². The van der Waals surface area contributed by atoms with Gasteiger partial charge in [0.05, 0.1) is 19.3 Å². The molecule has 0 spiro atoms. The first-order valence-corrected chi connectivity index (χ1v) is 6.55. The van der Waals surface area contributed by atoms with E-state index in [-0.39, 0.29) is 6.10 Å². The van der Waals surface area contributed by atoms with Crippen molar-refractivity contribution in [2.24, 2.45) is 5.92 Å². The quantitative estimate of drug-likeness (QED) is 0.717. The van der Waals surface area contributed by atoms with E-state index in [1.807, 2.05) is 0 Å². The van der Waals surface area contributed by atoms with Gasteiger partial charge in [0.25, 0.3) is 0 Å². The normalized spacial score (nSPS) is 30.9. The molecule has 2 saturated heterocycles. The number of β-amino-alcohol motifs (C(OH)–C–C–N with tert-alkyl or cyclic N) is 1. The lowest BCUT2D eigenvalue weighted by molar-refractivity contribution is -0.000861. The zero-order valence-electron chi connectivity index (χ0n) is 10.0. The number of hydrogen-bond acceptors (Lipinski definition) is 4. The van der Waals surface area contributed by atoms with E-state index in [4.69, 9.17) is 4.74 Å². The van der Waals surface area contributed by atoms with Crippen LogP contribution in [0.5, 0.6) is 0 Å². The molecule has 0 aromatic carbocycles. The molecule has 2 atom stereocenters. The van der Waals surface area contributed by atoms with Crippen molar-refractivity contribution < 1.29 is 9.84 Å². The molecular weight excluding hydrogens is 204 g/mol. The van der Waals surface area contributed by atoms with Crippen LogP contribution in [0, 0.1) is 5.92 Å². The van der Waals surface area contributed by atoms with Crippen LogP contribution in [0.4, 0.5) is 0 Å². The fraction of sp³-hybridized carbons (Fsp3) is 1.00. The number of morpholine rings is 1. The predicted molar refractivity (Wildman–Crippen MR) is 63.5 cm³/mol. The van der Waals surface area contributed by atoms with Crippen LogP contribution in [0.25, 0.3) is 0 Å². The highest BCUT2D eigenvalue weighted by molar-refractivity contribution is 4.77. The molecule has 0 radical (unpaired) electrons. The third kappa shape index (κ3) is 3.70. The van der Waals surface area contributed by atoms with Gasteiger partial charge in [-0.05, 0) is 38.3 Å². The van der Waals surface area contributed by atoms with Gasteiger partial charge in [0.15, 0.2) is 0 Å². The largest absolute Gasteiger partial charge is 0.392 e. The minimum Gasteiger partial charge on any atom is -0.392 e. The molecule has 2 aliphatic heterocycles. The lowest BCUT2D eigenvalue weighted by atomic mass is 9.94. The van der Waals surface area contributed by atoms with Gasteiger partial charge >= 0.3 is 0 Å². The first-order valence-electron chi connectivity index (χ1n) is 6.55. The molecule has 0 saturated carbocycles. The molecule has 4 heteroatoms. The van der Waals surface area contributed by atoms with Crippen molar-refractivity contribution in [1.82, 2.24) is 10.2 Å². The molecular formula is C12H24N2O2. The summed E-state index contributed by atoms with van der Waals surface area (Å²) in [6.45, 7) is 6.58. The lowest BCUT2D eigenvalue weighted by Gasteiger charge is -2.31. The summed E-state index contributed by atoms with van der Waals surface area (Å²) in [5.74, 6) is 0.484. The summed E-state index contributed by atoms with van der Waals surface area (Å²) >= 11 is 0. The van der Waals surface area contributed by atoms with Crippen LogP contribution in [0.2, 0.25) is 0 Å². The maximum atomic E-state index is 10.2. The molecule has 0 aromatic heterocycles. The molecule has 2 unspecified atom stereocenters. The highest BCUT2D eigenvalue weighted by atomic mass is 16.5. The minimum absolute atomic E-state index is 0.155. The smallest absolute Gasteiger partial charge is 0.0695 e. The summed E-state index contributed by atoms with van der Waals surface area (Å²) in [6, 6.07) is 0. The Bertz CT molecular complexity index is 187. The molecule has 0 amide bonds. The molecule has 2 heterocycles. The van der Waals surface area contributed by atoms with Crippen LogP contribution in [-0.2, 0) is 4.74 Å². The predicted octanol–water partition coefficient (Wildman–Crippen LogP) is 0.0692. The number of rotatable bonds is 3. The monoisotopic (exact) mass is 228 g/mol. The zero-order valence-corrected chi connectivity index (χ0v) is 10.0. The molecule has 0 aromatic rings. The Morgan fingerprint density at radius 2 is 2.06 bits per heavy atom. The average molecular weight is 228 g/mol. The van der Waals surface area contributed by atoms with Crippen molar-refractivity contribution in [3.63, 3.8) is 0 Å². The van der Waals surface area contributed by atoms with Gasteiger partial charge in [-0.25, -0.2) is 0 Å². The standard InChI is InChI=1S/C12H24N2O2/c15-12(10-14-6-8-16-9-7-14)11-2-1-4-13-5-3-11/h11-13,15H,1-10H2. The van der Waals surface area contributed by atoms with Gasteiger partial charge in [-0.1, -0.05) is 0 Å². The Hall–Kier alpha value is -0.160. The van der Waals surface area contributed by atoms with Gasteiger partial charge in [-0.15, -0.1) is 0 Å². The zero-order chi connectivity index (χ0) is 11.2. The summed E-state index contributed by atoms with van der Waals surface area (Å²) < 4.78 is 5.31. The Morgan fingerprint density at radius 3 is 2.88 bits per heavy atom. The Morgan fingerprint density at radius 1 is 1.25 bits per heavy atom. The number of aliphatic hydroxyl groups excluding tert-OH is 1. The molecule has 4 nitrogen and oxygen atoms in total. The van der Waals surface area contributed by atoms with Crippen molar-refractivity contribution in [2.45, 2.75) is 25.4 Å². The Labute approximate surface area is 98.0 Å². The highest BCUT2D eigenvalue weighted by Crippen LogP contribution is 2.18. The minimum atomic E-state index is -0.155. The molecule has 0 aliphatic carbocycles. The Balaban J connectivity index is 1.74. The van der Waals surface area contributed by atoms with E-state index in [1.165, 1.54) is 12.8 Å². The maximum Gasteiger partial charge on any atom is 0.0695 e. The fourth-order valence-electron chi connectivity index (χ4n) is 2.63. The van der Waals surface area contributed by atoms with E-state index in [0.717, 1.165) is 52.4 Å². The van der Waals surface area contributed by atoms with Crippen LogP contribution >= 0.6 is 0 Å². The highest BCUT2D eigenvalue weighted by Gasteiger charge is 2.23. The van der Waals surface area contributed by atoms with Crippen LogP contribution in [0.1, 0.15) is 19.3 Å². The van der Waals surface area contributed by atoms with E-state index in [1.54, 1.807) is 0 Å². The lowest BCUT2D eigenvalue weighted by Crippen LogP contribution is -2.43. The van der Waals surface area contributed by atoms with E-state index in [9.17, 15) is 5.11 Å². The van der Waals surface area contributed by atoms with Crippen LogP contribution in [0.3, 0.4) is 0 Å². The van der Waals surface area contributed by atoms with Gasteiger partial charge < -0.3 is 15.2 Å². The van der Waals surface area contributed by atoms with Crippen LogP contribution < -0.4 is 5.32 Å². The van der Waals surface area contributed by atoms with E-state index in [2.05, 4.69) is 10.2 Å². The summed E-state index contributed by atoms with van der Waals surface area (Å²) in [4.78, 5) is 2.33. The number of ether oxygens (including phenoxy) is 1. The first-order chi connectivity index (χ1) is 7.86. The van der Waals surface area contributed by atoms with Crippen molar-refractivity contribution in [1.29, 1.82) is 0 Å². The van der Waals surface area contributed by atoms with Gasteiger partial charge in [0.2, 0.25) is 0 Å². The van der Waals surface area contributed by atoms with Gasteiger partial charge in [0.1, 0.15) is 0 Å². The molecule has 94 valence electrons.